The number of hydrogen-bond donors (Lipinski definition) is 2. The molecule has 1 unspecified atom stereocenters. The van der Waals surface area contributed by atoms with Crippen LogP contribution in [-0.2, 0) is 9.59 Å². The molecule has 0 spiro atoms. The summed E-state index contributed by atoms with van der Waals surface area (Å²) < 4.78 is 5.54. The number of benzene rings is 1. The van der Waals surface area contributed by atoms with Gasteiger partial charge >= 0.3 is 0 Å². The molecule has 1 aliphatic rings. The molecule has 0 saturated carbocycles. The first-order chi connectivity index (χ1) is 9.54. The maximum atomic E-state index is 11.8. The van der Waals surface area contributed by atoms with E-state index in [1.807, 2.05) is 32.0 Å². The highest BCUT2D eigenvalue weighted by atomic mass is 16.5. The largest absolute Gasteiger partial charge is 0.483 e. The van der Waals surface area contributed by atoms with Gasteiger partial charge < -0.3 is 15.4 Å². The van der Waals surface area contributed by atoms with Gasteiger partial charge in [-0.3, -0.25) is 9.59 Å². The Morgan fingerprint density at radius 1 is 1.45 bits per heavy atom. The Hall–Kier alpha value is -2.04. The minimum Gasteiger partial charge on any atom is -0.483 e. The smallest absolute Gasteiger partial charge is 0.258 e. The van der Waals surface area contributed by atoms with Crippen LogP contribution in [0, 0.1) is 13.8 Å². The molecule has 2 N–H and O–H groups in total. The molecule has 1 aromatic carbocycles. The number of amides is 2. The summed E-state index contributed by atoms with van der Waals surface area (Å²) in [6.07, 6.45) is 1.14. The van der Waals surface area contributed by atoms with Gasteiger partial charge in [0.05, 0.1) is 0 Å². The van der Waals surface area contributed by atoms with Crippen molar-refractivity contribution in [2.75, 3.05) is 13.2 Å². The third-order valence-corrected chi connectivity index (χ3v) is 3.33. The molecule has 2 rings (SSSR count). The number of rotatable bonds is 4. The number of ether oxygens (including phenoxy) is 1. The normalized spacial score (nSPS) is 18.3. The van der Waals surface area contributed by atoms with E-state index in [4.69, 9.17) is 4.74 Å². The van der Waals surface area contributed by atoms with Crippen LogP contribution in [0.3, 0.4) is 0 Å². The fourth-order valence-electron chi connectivity index (χ4n) is 2.13. The van der Waals surface area contributed by atoms with E-state index in [0.29, 0.717) is 19.4 Å². The van der Waals surface area contributed by atoms with Crippen LogP contribution in [-0.4, -0.2) is 31.0 Å². The van der Waals surface area contributed by atoms with E-state index in [9.17, 15) is 9.59 Å². The van der Waals surface area contributed by atoms with Gasteiger partial charge in [-0.1, -0.05) is 12.1 Å². The number of carbonyl (C=O) groups excluding carboxylic acids is 2. The lowest BCUT2D eigenvalue weighted by Gasteiger charge is -2.23. The van der Waals surface area contributed by atoms with Crippen molar-refractivity contribution in [3.05, 3.63) is 29.3 Å². The monoisotopic (exact) mass is 276 g/mol. The van der Waals surface area contributed by atoms with Crippen molar-refractivity contribution in [3.63, 3.8) is 0 Å². The summed E-state index contributed by atoms with van der Waals surface area (Å²) >= 11 is 0. The minimum atomic E-state index is -0.160. The molecule has 0 aromatic heterocycles. The van der Waals surface area contributed by atoms with Gasteiger partial charge in [0, 0.05) is 19.0 Å². The van der Waals surface area contributed by atoms with E-state index >= 15 is 0 Å². The van der Waals surface area contributed by atoms with Crippen molar-refractivity contribution in [1.29, 1.82) is 0 Å². The van der Waals surface area contributed by atoms with Crippen LogP contribution in [0.1, 0.15) is 24.0 Å². The lowest BCUT2D eigenvalue weighted by Crippen LogP contribution is -2.48. The number of aryl methyl sites for hydroxylation is 2. The highest BCUT2D eigenvalue weighted by Gasteiger charge is 2.19. The Kier molecular flexibility index (Phi) is 4.61. The summed E-state index contributed by atoms with van der Waals surface area (Å²) in [4.78, 5) is 22.8. The van der Waals surface area contributed by atoms with Crippen molar-refractivity contribution in [2.24, 2.45) is 0 Å². The second kappa shape index (κ2) is 6.41. The zero-order chi connectivity index (χ0) is 14.5. The van der Waals surface area contributed by atoms with Gasteiger partial charge in [0.15, 0.2) is 6.61 Å². The molecule has 0 bridgehead atoms. The molecular formula is C15H20N2O3. The van der Waals surface area contributed by atoms with Crippen LogP contribution >= 0.6 is 0 Å². The highest BCUT2D eigenvalue weighted by molar-refractivity contribution is 5.79. The molecule has 1 saturated heterocycles. The molecule has 1 aromatic rings. The Morgan fingerprint density at radius 3 is 2.95 bits per heavy atom. The van der Waals surface area contributed by atoms with Gasteiger partial charge in [0.2, 0.25) is 5.91 Å². The Balaban J connectivity index is 1.80. The van der Waals surface area contributed by atoms with E-state index in [0.717, 1.165) is 16.9 Å². The molecule has 20 heavy (non-hydrogen) atoms. The van der Waals surface area contributed by atoms with Crippen LogP contribution in [0.2, 0.25) is 0 Å². The summed E-state index contributed by atoms with van der Waals surface area (Å²) in [5.74, 6) is 0.617. The molecule has 2 amide bonds. The topological polar surface area (TPSA) is 67.4 Å². The quantitative estimate of drug-likeness (QED) is 0.864. The number of piperidine rings is 1. The third-order valence-electron chi connectivity index (χ3n) is 3.33. The van der Waals surface area contributed by atoms with E-state index in [1.54, 1.807) is 0 Å². The van der Waals surface area contributed by atoms with Crippen LogP contribution in [0.5, 0.6) is 5.75 Å². The van der Waals surface area contributed by atoms with Crippen molar-refractivity contribution < 1.29 is 14.3 Å². The molecule has 108 valence electrons. The average molecular weight is 276 g/mol. The molecule has 1 aliphatic heterocycles. The third kappa shape index (κ3) is 3.98. The number of carbonyl (C=O) groups is 2. The number of hydrogen-bond acceptors (Lipinski definition) is 3. The fraction of sp³-hybridized carbons (Fsp3) is 0.467. The van der Waals surface area contributed by atoms with Crippen LogP contribution in [0.15, 0.2) is 18.2 Å². The van der Waals surface area contributed by atoms with Crippen molar-refractivity contribution in [3.8, 4) is 5.75 Å². The zero-order valence-electron chi connectivity index (χ0n) is 11.9. The lowest BCUT2D eigenvalue weighted by atomic mass is 10.1. The van der Waals surface area contributed by atoms with Gasteiger partial charge in [-0.2, -0.15) is 0 Å². The summed E-state index contributed by atoms with van der Waals surface area (Å²) in [5.41, 5.74) is 2.11. The van der Waals surface area contributed by atoms with Crippen molar-refractivity contribution >= 4 is 11.8 Å². The number of nitrogens with one attached hydrogen (secondary N) is 2. The second-order valence-corrected chi connectivity index (χ2v) is 5.16. The predicted octanol–water partition coefficient (Wildman–Crippen LogP) is 1.08. The molecule has 0 radical (unpaired) electrons. The van der Waals surface area contributed by atoms with Crippen LogP contribution in [0.4, 0.5) is 0 Å². The van der Waals surface area contributed by atoms with E-state index in [1.165, 1.54) is 0 Å². The lowest BCUT2D eigenvalue weighted by molar-refractivity contribution is -0.126. The summed E-state index contributed by atoms with van der Waals surface area (Å²) in [5, 5.41) is 5.60. The standard InChI is InChI=1S/C15H20N2O3/c1-10-3-4-11(2)13(7-10)20-9-15(19)17-12-5-6-14(18)16-8-12/h3-4,7,12H,5-6,8-9H2,1-2H3,(H,16,18)(H,17,19). The Labute approximate surface area is 118 Å². The maximum Gasteiger partial charge on any atom is 0.258 e. The van der Waals surface area contributed by atoms with Crippen molar-refractivity contribution in [2.45, 2.75) is 32.7 Å². The first kappa shape index (κ1) is 14.4. The minimum absolute atomic E-state index is 0.00223. The van der Waals surface area contributed by atoms with E-state index in [2.05, 4.69) is 10.6 Å². The Morgan fingerprint density at radius 2 is 2.25 bits per heavy atom. The fourth-order valence-corrected chi connectivity index (χ4v) is 2.13. The molecule has 1 fully saturated rings. The average Bonchev–Trinajstić information content (AvgIpc) is 2.42. The summed E-state index contributed by atoms with van der Waals surface area (Å²) in [6, 6.07) is 5.90. The molecular weight excluding hydrogens is 256 g/mol. The first-order valence-corrected chi connectivity index (χ1v) is 6.80. The SMILES string of the molecule is Cc1ccc(C)c(OCC(=O)NC2CCC(=O)NC2)c1. The summed E-state index contributed by atoms with van der Waals surface area (Å²) in [6.45, 7) is 4.42. The summed E-state index contributed by atoms with van der Waals surface area (Å²) in [7, 11) is 0. The first-order valence-electron chi connectivity index (χ1n) is 6.80. The van der Waals surface area contributed by atoms with Gasteiger partial charge in [-0.15, -0.1) is 0 Å². The van der Waals surface area contributed by atoms with E-state index < -0.39 is 0 Å². The van der Waals surface area contributed by atoms with Gasteiger partial charge in [0.1, 0.15) is 5.75 Å². The Bertz CT molecular complexity index is 504. The maximum absolute atomic E-state index is 11.8. The molecule has 5 heteroatoms. The van der Waals surface area contributed by atoms with Crippen LogP contribution in [0.25, 0.3) is 0 Å². The molecule has 5 nitrogen and oxygen atoms in total. The molecule has 1 atom stereocenters. The molecule has 0 aliphatic carbocycles. The van der Waals surface area contributed by atoms with Crippen molar-refractivity contribution in [1.82, 2.24) is 10.6 Å². The van der Waals surface area contributed by atoms with Gasteiger partial charge in [-0.05, 0) is 37.5 Å². The molecule has 1 heterocycles. The van der Waals surface area contributed by atoms with Gasteiger partial charge in [0.25, 0.3) is 5.91 Å². The van der Waals surface area contributed by atoms with E-state index in [-0.39, 0.29) is 24.5 Å². The second-order valence-electron chi connectivity index (χ2n) is 5.16. The predicted molar refractivity (Wildman–Crippen MR) is 75.6 cm³/mol. The highest BCUT2D eigenvalue weighted by Crippen LogP contribution is 2.18. The van der Waals surface area contributed by atoms with Gasteiger partial charge in [-0.25, -0.2) is 0 Å². The zero-order valence-corrected chi connectivity index (χ0v) is 11.9. The van der Waals surface area contributed by atoms with Crippen LogP contribution < -0.4 is 15.4 Å².